The highest BCUT2D eigenvalue weighted by molar-refractivity contribution is 6.04. The van der Waals surface area contributed by atoms with Gasteiger partial charge in [-0.3, -0.25) is 14.7 Å². The van der Waals surface area contributed by atoms with Crippen LogP contribution in [0, 0.1) is 6.92 Å². The Balaban J connectivity index is 1.45. The number of aryl methyl sites for hydroxylation is 1. The molecule has 0 aliphatic carbocycles. The van der Waals surface area contributed by atoms with Crippen LogP contribution >= 0.6 is 0 Å². The summed E-state index contributed by atoms with van der Waals surface area (Å²) in [5.41, 5.74) is 1.73. The maximum Gasteiger partial charge on any atom is 0.232 e. The van der Waals surface area contributed by atoms with Gasteiger partial charge in [0.15, 0.2) is 5.82 Å². The van der Waals surface area contributed by atoms with Gasteiger partial charge in [-0.25, -0.2) is 4.98 Å². The number of para-hydroxylation sites is 1. The molecule has 25 heavy (non-hydrogen) atoms. The Kier molecular flexibility index (Phi) is 3.99. The van der Waals surface area contributed by atoms with Gasteiger partial charge in [0.25, 0.3) is 0 Å². The summed E-state index contributed by atoms with van der Waals surface area (Å²) >= 11 is 0. The predicted octanol–water partition coefficient (Wildman–Crippen LogP) is 1.95. The Morgan fingerprint density at radius 3 is 3.00 bits per heavy atom. The summed E-state index contributed by atoms with van der Waals surface area (Å²) in [6.45, 7) is 3.22. The Bertz CT molecular complexity index is 815. The molecule has 2 atom stereocenters. The van der Waals surface area contributed by atoms with Crippen LogP contribution in [0.25, 0.3) is 0 Å². The third kappa shape index (κ3) is 3.01. The van der Waals surface area contributed by atoms with E-state index in [4.69, 9.17) is 0 Å². The van der Waals surface area contributed by atoms with Gasteiger partial charge in [-0.1, -0.05) is 18.2 Å². The summed E-state index contributed by atoms with van der Waals surface area (Å²) in [6.07, 6.45) is 2.12. The first kappa shape index (κ1) is 15.8. The first-order chi connectivity index (χ1) is 12.1. The van der Waals surface area contributed by atoms with Crippen LogP contribution in [0.15, 0.2) is 24.3 Å². The third-order valence-electron chi connectivity index (χ3n) is 5.04. The Morgan fingerprint density at radius 2 is 2.20 bits per heavy atom. The van der Waals surface area contributed by atoms with Crippen molar-refractivity contribution in [3.8, 4) is 0 Å². The second-order valence-electron chi connectivity index (χ2n) is 6.79. The number of rotatable bonds is 3. The lowest BCUT2D eigenvalue weighted by Gasteiger charge is -2.32. The van der Waals surface area contributed by atoms with E-state index < -0.39 is 5.92 Å². The van der Waals surface area contributed by atoms with Crippen molar-refractivity contribution in [2.24, 2.45) is 0 Å². The number of benzene rings is 1. The van der Waals surface area contributed by atoms with Crippen LogP contribution in [0.5, 0.6) is 0 Å². The number of carbonyl (C=O) groups excluding carboxylic acids is 2. The molecule has 2 N–H and O–H groups in total. The molecule has 1 aromatic heterocycles. The number of fused-ring (bicyclic) bond motifs is 1. The van der Waals surface area contributed by atoms with E-state index in [1.807, 2.05) is 36.1 Å². The van der Waals surface area contributed by atoms with Gasteiger partial charge < -0.3 is 10.2 Å². The van der Waals surface area contributed by atoms with Crippen molar-refractivity contribution in [3.63, 3.8) is 0 Å². The molecule has 3 heterocycles. The highest BCUT2D eigenvalue weighted by atomic mass is 16.2. The molecule has 2 aromatic rings. The minimum atomic E-state index is -0.394. The summed E-state index contributed by atoms with van der Waals surface area (Å²) in [7, 11) is 0. The van der Waals surface area contributed by atoms with Gasteiger partial charge in [-0.2, -0.15) is 5.10 Å². The van der Waals surface area contributed by atoms with Gasteiger partial charge >= 0.3 is 0 Å². The number of anilines is 1. The Labute approximate surface area is 145 Å². The molecule has 0 radical (unpaired) electrons. The first-order valence-electron chi connectivity index (χ1n) is 8.68. The van der Waals surface area contributed by atoms with Crippen LogP contribution in [0.4, 0.5) is 5.69 Å². The largest absolute Gasteiger partial charge is 0.342 e. The van der Waals surface area contributed by atoms with Gasteiger partial charge in [0.2, 0.25) is 11.8 Å². The minimum Gasteiger partial charge on any atom is -0.342 e. The quantitative estimate of drug-likeness (QED) is 0.894. The number of hydrogen-bond donors (Lipinski definition) is 2. The molecule has 1 aromatic carbocycles. The second-order valence-corrected chi connectivity index (χ2v) is 6.79. The van der Waals surface area contributed by atoms with Crippen LogP contribution in [-0.2, 0) is 9.59 Å². The van der Waals surface area contributed by atoms with E-state index in [9.17, 15) is 9.59 Å². The molecule has 0 bridgehead atoms. The third-order valence-corrected chi connectivity index (χ3v) is 5.04. The molecule has 7 nitrogen and oxygen atoms in total. The minimum absolute atomic E-state index is 0.0220. The number of aromatic nitrogens is 3. The van der Waals surface area contributed by atoms with Crippen LogP contribution in [0.2, 0.25) is 0 Å². The molecule has 0 saturated carbocycles. The van der Waals surface area contributed by atoms with Crippen molar-refractivity contribution >= 4 is 17.5 Å². The highest BCUT2D eigenvalue weighted by Crippen LogP contribution is 2.35. The van der Waals surface area contributed by atoms with Crippen LogP contribution < -0.4 is 5.32 Å². The second kappa shape index (κ2) is 6.31. The number of H-pyrrole nitrogens is 1. The van der Waals surface area contributed by atoms with E-state index >= 15 is 0 Å². The number of aromatic amines is 1. The fourth-order valence-electron chi connectivity index (χ4n) is 3.74. The molecule has 1 fully saturated rings. The number of nitrogens with one attached hydrogen (secondary N) is 2. The fraction of sp³-hybridized carbons (Fsp3) is 0.444. The monoisotopic (exact) mass is 339 g/mol. The molecule has 0 spiro atoms. The summed E-state index contributed by atoms with van der Waals surface area (Å²) in [5, 5.41) is 9.97. The van der Waals surface area contributed by atoms with Crippen LogP contribution in [-0.4, -0.2) is 45.0 Å². The van der Waals surface area contributed by atoms with Crippen molar-refractivity contribution < 1.29 is 9.59 Å². The van der Waals surface area contributed by atoms with E-state index in [0.717, 1.165) is 42.3 Å². The van der Waals surface area contributed by atoms with Gasteiger partial charge in [0.1, 0.15) is 5.82 Å². The zero-order valence-corrected chi connectivity index (χ0v) is 14.2. The van der Waals surface area contributed by atoms with Gasteiger partial charge in [0.05, 0.1) is 5.92 Å². The Hall–Kier alpha value is -2.70. The maximum atomic E-state index is 12.8. The Morgan fingerprint density at radius 1 is 1.36 bits per heavy atom. The molecule has 2 amide bonds. The number of nitrogens with zero attached hydrogens (tertiary/aromatic N) is 3. The lowest BCUT2D eigenvalue weighted by atomic mass is 9.94. The zero-order chi connectivity index (χ0) is 17.4. The molecule has 2 aliphatic heterocycles. The topological polar surface area (TPSA) is 91.0 Å². The molecule has 7 heteroatoms. The lowest BCUT2D eigenvalue weighted by molar-refractivity contribution is -0.134. The average Bonchev–Trinajstić information content (AvgIpc) is 3.19. The summed E-state index contributed by atoms with van der Waals surface area (Å²) in [4.78, 5) is 31.3. The van der Waals surface area contributed by atoms with Gasteiger partial charge in [0, 0.05) is 31.1 Å². The zero-order valence-electron chi connectivity index (χ0n) is 14.2. The number of hydrogen-bond acceptors (Lipinski definition) is 4. The number of likely N-dealkylation sites (tertiary alicyclic amines) is 1. The normalized spacial score (nSPS) is 22.6. The van der Waals surface area contributed by atoms with E-state index in [1.54, 1.807) is 0 Å². The van der Waals surface area contributed by atoms with Gasteiger partial charge in [-0.15, -0.1) is 0 Å². The van der Waals surface area contributed by atoms with Crippen molar-refractivity contribution in [2.45, 2.75) is 38.0 Å². The molecular weight excluding hydrogens is 318 g/mol. The molecule has 2 unspecified atom stereocenters. The van der Waals surface area contributed by atoms with Crippen molar-refractivity contribution in [2.75, 3.05) is 18.4 Å². The molecular formula is C18H21N5O2. The average molecular weight is 339 g/mol. The number of amides is 2. The first-order valence-corrected chi connectivity index (χ1v) is 8.68. The molecule has 130 valence electrons. The predicted molar refractivity (Wildman–Crippen MR) is 92.1 cm³/mol. The SMILES string of the molecule is Cc1nc(C2CCCN(C(=O)CC3C(=O)Nc4ccccc43)C2)n[nH]1. The van der Waals surface area contributed by atoms with Crippen LogP contribution in [0.1, 0.15) is 48.3 Å². The summed E-state index contributed by atoms with van der Waals surface area (Å²) in [5.74, 6) is 1.26. The summed E-state index contributed by atoms with van der Waals surface area (Å²) in [6, 6.07) is 7.58. The molecule has 2 aliphatic rings. The molecule has 1 saturated heterocycles. The van der Waals surface area contributed by atoms with E-state index in [2.05, 4.69) is 20.5 Å². The highest BCUT2D eigenvalue weighted by Gasteiger charge is 2.34. The standard InChI is InChI=1S/C18H21N5O2/c1-11-19-17(22-21-11)12-5-4-8-23(10-12)16(24)9-14-13-6-2-3-7-15(13)20-18(14)25/h2-3,6-7,12,14H,4-5,8-10H2,1H3,(H,20,25)(H,19,21,22). The van der Waals surface area contributed by atoms with Gasteiger partial charge in [-0.05, 0) is 31.4 Å². The van der Waals surface area contributed by atoms with Crippen LogP contribution in [0.3, 0.4) is 0 Å². The summed E-state index contributed by atoms with van der Waals surface area (Å²) < 4.78 is 0. The number of carbonyl (C=O) groups is 2. The van der Waals surface area contributed by atoms with Crippen molar-refractivity contribution in [1.82, 2.24) is 20.1 Å². The smallest absolute Gasteiger partial charge is 0.232 e. The lowest BCUT2D eigenvalue weighted by Crippen LogP contribution is -2.40. The van der Waals surface area contributed by atoms with E-state index in [1.165, 1.54) is 0 Å². The fourth-order valence-corrected chi connectivity index (χ4v) is 3.74. The maximum absolute atomic E-state index is 12.8. The molecule has 4 rings (SSSR count). The van der Waals surface area contributed by atoms with Crippen molar-refractivity contribution in [3.05, 3.63) is 41.5 Å². The van der Waals surface area contributed by atoms with E-state index in [-0.39, 0.29) is 24.2 Å². The number of piperidine rings is 1. The van der Waals surface area contributed by atoms with E-state index in [0.29, 0.717) is 6.54 Å². The van der Waals surface area contributed by atoms with Crippen molar-refractivity contribution in [1.29, 1.82) is 0 Å².